The first-order valence-corrected chi connectivity index (χ1v) is 13.2. The van der Waals surface area contributed by atoms with Crippen molar-refractivity contribution < 1.29 is 19.4 Å². The molecule has 0 fully saturated rings. The van der Waals surface area contributed by atoms with Gasteiger partial charge in [-0.05, 0) is 59.9 Å². The van der Waals surface area contributed by atoms with Gasteiger partial charge in [0.15, 0.2) is 0 Å². The highest BCUT2D eigenvalue weighted by molar-refractivity contribution is 5.99. The van der Waals surface area contributed by atoms with Crippen molar-refractivity contribution in [1.82, 2.24) is 5.32 Å². The monoisotopic (exact) mass is 519 g/mol. The molecule has 0 aliphatic heterocycles. The van der Waals surface area contributed by atoms with Crippen LogP contribution in [0.15, 0.2) is 97.1 Å². The summed E-state index contributed by atoms with van der Waals surface area (Å²) < 4.78 is 5.79. The first kappa shape index (κ1) is 26.2. The number of carboxylic acid groups (broad SMARTS) is 1. The number of rotatable bonds is 5. The van der Waals surface area contributed by atoms with E-state index in [-0.39, 0.29) is 11.5 Å². The van der Waals surface area contributed by atoms with Crippen LogP contribution in [0.2, 0.25) is 0 Å². The highest BCUT2D eigenvalue weighted by atomic mass is 16.6. The van der Waals surface area contributed by atoms with E-state index < -0.39 is 29.1 Å². The van der Waals surface area contributed by atoms with E-state index in [2.05, 4.69) is 12.2 Å². The molecule has 0 radical (unpaired) electrons. The number of amides is 1. The van der Waals surface area contributed by atoms with Gasteiger partial charge < -0.3 is 15.2 Å². The van der Waals surface area contributed by atoms with E-state index in [1.54, 1.807) is 6.07 Å². The standard InChI is InChI=1S/C34H33NO4/c1-22(23-12-6-5-7-13-23)34(35-32(38)39-33(2,3)4)21-20-25-15-9-11-17-27(25)30(34)29-26-16-10-8-14-24(26)18-19-28(29)31(36)37/h5-22,30H,1-4H3,(H,35,38)(H,36,37)/t22-,30?,34?/m0/s1. The molecular formula is C34H33NO4. The smallest absolute Gasteiger partial charge is 0.408 e. The highest BCUT2D eigenvalue weighted by Crippen LogP contribution is 2.51. The number of benzene rings is 4. The van der Waals surface area contributed by atoms with Crippen LogP contribution in [-0.4, -0.2) is 28.3 Å². The van der Waals surface area contributed by atoms with Gasteiger partial charge in [-0.15, -0.1) is 0 Å². The number of aromatic carboxylic acids is 1. The lowest BCUT2D eigenvalue weighted by molar-refractivity contribution is 0.0456. The normalized spacial score (nSPS) is 19.2. The first-order chi connectivity index (χ1) is 18.6. The van der Waals surface area contributed by atoms with Crippen LogP contribution in [0.25, 0.3) is 16.8 Å². The minimum atomic E-state index is -1.05. The number of nitrogens with one attached hydrogen (secondary N) is 1. The average molecular weight is 520 g/mol. The molecule has 2 N–H and O–H groups in total. The number of carboxylic acids is 1. The topological polar surface area (TPSA) is 75.6 Å². The van der Waals surface area contributed by atoms with Crippen LogP contribution in [0.1, 0.15) is 72.1 Å². The summed E-state index contributed by atoms with van der Waals surface area (Å²) in [7, 11) is 0. The quantitative estimate of drug-likeness (QED) is 0.282. The van der Waals surface area contributed by atoms with Crippen LogP contribution >= 0.6 is 0 Å². The number of hydrogen-bond acceptors (Lipinski definition) is 3. The molecular weight excluding hydrogens is 486 g/mol. The van der Waals surface area contributed by atoms with E-state index >= 15 is 0 Å². The number of carbonyl (C=O) groups excluding carboxylic acids is 1. The molecule has 4 aromatic rings. The molecule has 2 unspecified atom stereocenters. The molecule has 198 valence electrons. The third-order valence-corrected chi connectivity index (χ3v) is 7.55. The molecule has 3 atom stereocenters. The Hall–Kier alpha value is -4.38. The molecule has 39 heavy (non-hydrogen) atoms. The van der Waals surface area contributed by atoms with E-state index in [0.717, 1.165) is 27.5 Å². The fourth-order valence-corrected chi connectivity index (χ4v) is 5.81. The fraction of sp³-hybridized carbons (Fsp3) is 0.235. The van der Waals surface area contributed by atoms with E-state index in [0.29, 0.717) is 5.56 Å². The Bertz CT molecular complexity index is 1570. The Balaban J connectivity index is 1.86. The summed E-state index contributed by atoms with van der Waals surface area (Å²) in [6, 6.07) is 29.3. The molecule has 0 spiro atoms. The Morgan fingerprint density at radius 3 is 2.28 bits per heavy atom. The maximum Gasteiger partial charge on any atom is 0.408 e. The first-order valence-electron chi connectivity index (χ1n) is 13.2. The van der Waals surface area contributed by atoms with Crippen LogP contribution in [0.3, 0.4) is 0 Å². The molecule has 4 aromatic carbocycles. The van der Waals surface area contributed by atoms with Crippen molar-refractivity contribution in [3.05, 3.63) is 125 Å². The zero-order valence-electron chi connectivity index (χ0n) is 22.6. The average Bonchev–Trinajstić information content (AvgIpc) is 2.91. The van der Waals surface area contributed by atoms with Gasteiger partial charge in [0, 0.05) is 11.8 Å². The van der Waals surface area contributed by atoms with Crippen molar-refractivity contribution in [3.63, 3.8) is 0 Å². The zero-order chi connectivity index (χ0) is 27.8. The summed E-state index contributed by atoms with van der Waals surface area (Å²) in [4.78, 5) is 26.3. The van der Waals surface area contributed by atoms with Crippen molar-refractivity contribution in [3.8, 4) is 0 Å². The molecule has 0 saturated heterocycles. The Morgan fingerprint density at radius 2 is 1.56 bits per heavy atom. The van der Waals surface area contributed by atoms with Crippen molar-refractivity contribution in [2.75, 3.05) is 0 Å². The number of fused-ring (bicyclic) bond motifs is 2. The largest absolute Gasteiger partial charge is 0.478 e. The molecule has 0 aromatic heterocycles. The predicted octanol–water partition coefficient (Wildman–Crippen LogP) is 7.76. The summed E-state index contributed by atoms with van der Waals surface area (Å²) in [5, 5.41) is 15.5. The maximum atomic E-state index is 13.6. The molecule has 1 aliphatic carbocycles. The SMILES string of the molecule is C[C@@H](c1ccccc1)C1(NC(=O)OC(C)(C)C)C=Cc2ccccc2C1c1c(C(=O)O)ccc2ccccc12. The zero-order valence-corrected chi connectivity index (χ0v) is 22.6. The van der Waals surface area contributed by atoms with Crippen molar-refractivity contribution in [1.29, 1.82) is 0 Å². The molecule has 1 aliphatic rings. The highest BCUT2D eigenvalue weighted by Gasteiger charge is 2.49. The van der Waals surface area contributed by atoms with Gasteiger partial charge in [-0.1, -0.05) is 104 Å². The predicted molar refractivity (Wildman–Crippen MR) is 155 cm³/mol. The molecule has 5 nitrogen and oxygen atoms in total. The van der Waals surface area contributed by atoms with E-state index in [4.69, 9.17) is 4.74 Å². The fourth-order valence-electron chi connectivity index (χ4n) is 5.81. The van der Waals surface area contributed by atoms with Gasteiger partial charge in [-0.25, -0.2) is 9.59 Å². The van der Waals surface area contributed by atoms with E-state index in [1.165, 1.54) is 0 Å². The summed E-state index contributed by atoms with van der Waals surface area (Å²) >= 11 is 0. The van der Waals surface area contributed by atoms with Gasteiger partial charge in [0.25, 0.3) is 0 Å². The second kappa shape index (κ2) is 10.1. The molecule has 1 amide bonds. The van der Waals surface area contributed by atoms with Gasteiger partial charge in [-0.2, -0.15) is 0 Å². The number of alkyl carbamates (subject to hydrolysis) is 1. The summed E-state index contributed by atoms with van der Waals surface area (Å²) in [6.07, 6.45) is 3.49. The van der Waals surface area contributed by atoms with E-state index in [1.807, 2.05) is 118 Å². The van der Waals surface area contributed by atoms with Crippen molar-refractivity contribution in [2.45, 2.75) is 50.7 Å². The second-order valence-electron chi connectivity index (χ2n) is 11.1. The van der Waals surface area contributed by atoms with Crippen LogP contribution in [0.4, 0.5) is 4.79 Å². The number of ether oxygens (including phenoxy) is 1. The molecule has 5 rings (SSSR count). The molecule has 5 heteroatoms. The van der Waals surface area contributed by atoms with Crippen LogP contribution in [-0.2, 0) is 4.74 Å². The van der Waals surface area contributed by atoms with Gasteiger partial charge >= 0.3 is 12.1 Å². The van der Waals surface area contributed by atoms with E-state index in [9.17, 15) is 14.7 Å². The Labute approximate surface area is 229 Å². The van der Waals surface area contributed by atoms with Crippen LogP contribution in [0, 0.1) is 0 Å². The van der Waals surface area contributed by atoms with Gasteiger partial charge in [0.05, 0.1) is 11.1 Å². The van der Waals surface area contributed by atoms with Crippen molar-refractivity contribution >= 4 is 28.9 Å². The summed E-state index contributed by atoms with van der Waals surface area (Å²) in [5.41, 5.74) is 2.05. The number of hydrogen-bond donors (Lipinski definition) is 2. The minimum absolute atomic E-state index is 0.208. The Morgan fingerprint density at radius 1 is 0.897 bits per heavy atom. The molecule has 0 bridgehead atoms. The van der Waals surface area contributed by atoms with Gasteiger partial charge in [0.1, 0.15) is 5.60 Å². The second-order valence-corrected chi connectivity index (χ2v) is 11.1. The Kier molecular flexibility index (Phi) is 6.77. The third-order valence-electron chi connectivity index (χ3n) is 7.55. The third kappa shape index (κ3) is 4.92. The molecule has 0 heterocycles. The lowest BCUT2D eigenvalue weighted by Gasteiger charge is -2.47. The summed E-state index contributed by atoms with van der Waals surface area (Å²) in [5.74, 6) is -1.79. The lowest BCUT2D eigenvalue weighted by atomic mass is 9.62. The molecule has 0 saturated carbocycles. The number of carbonyl (C=O) groups is 2. The van der Waals surface area contributed by atoms with Crippen LogP contribution < -0.4 is 5.32 Å². The van der Waals surface area contributed by atoms with Gasteiger partial charge in [-0.3, -0.25) is 0 Å². The minimum Gasteiger partial charge on any atom is -0.478 e. The summed E-state index contributed by atoms with van der Waals surface area (Å²) in [6.45, 7) is 7.56. The maximum absolute atomic E-state index is 13.6. The van der Waals surface area contributed by atoms with Crippen molar-refractivity contribution in [2.24, 2.45) is 0 Å². The van der Waals surface area contributed by atoms with Gasteiger partial charge in [0.2, 0.25) is 0 Å². The lowest BCUT2D eigenvalue weighted by Crippen LogP contribution is -2.57. The van der Waals surface area contributed by atoms with Crippen LogP contribution in [0.5, 0.6) is 0 Å².